The Labute approximate surface area is 200 Å². The summed E-state index contributed by atoms with van der Waals surface area (Å²) in [6.07, 6.45) is 4.84. The number of hydrogen-bond acceptors (Lipinski definition) is 6. The fourth-order valence-corrected chi connectivity index (χ4v) is 4.83. The van der Waals surface area contributed by atoms with Crippen molar-refractivity contribution >= 4 is 17.7 Å². The van der Waals surface area contributed by atoms with Crippen LogP contribution >= 0.6 is 0 Å². The summed E-state index contributed by atoms with van der Waals surface area (Å²) < 4.78 is 13.0. The minimum absolute atomic E-state index is 0.0197. The standard InChI is InChI=1S/C26H33N3O5/c1-3-21-23-22(16-26(17-27-24(23)31)9-13-33-14-10-26)29(28-21)11-4-5-12-34-25(32)20-8-6-7-19(15-20)18(2)30/h6-8,15H,3-5,9-14,16-17H2,1-2H3,(H,27,31). The Morgan fingerprint density at radius 1 is 1.21 bits per heavy atom. The first-order valence-corrected chi connectivity index (χ1v) is 12.1. The highest BCUT2D eigenvalue weighted by atomic mass is 16.5. The maximum absolute atomic E-state index is 12.9. The van der Waals surface area contributed by atoms with Gasteiger partial charge in [-0.25, -0.2) is 4.79 Å². The molecule has 0 unspecified atom stereocenters. The number of nitrogens with zero attached hydrogens (tertiary/aromatic N) is 2. The molecular weight excluding hydrogens is 434 g/mol. The number of ketones is 1. The number of carbonyl (C=O) groups is 3. The highest BCUT2D eigenvalue weighted by molar-refractivity contribution is 5.98. The van der Waals surface area contributed by atoms with E-state index in [9.17, 15) is 14.4 Å². The third-order valence-corrected chi connectivity index (χ3v) is 6.91. The van der Waals surface area contributed by atoms with Crippen LogP contribution in [0, 0.1) is 5.41 Å². The van der Waals surface area contributed by atoms with Crippen LogP contribution in [0.1, 0.15) is 82.0 Å². The van der Waals surface area contributed by atoms with Crippen LogP contribution in [0.3, 0.4) is 0 Å². The molecule has 0 radical (unpaired) electrons. The van der Waals surface area contributed by atoms with Crippen LogP contribution in [0.5, 0.6) is 0 Å². The van der Waals surface area contributed by atoms with E-state index in [4.69, 9.17) is 14.6 Å². The molecule has 8 heteroatoms. The van der Waals surface area contributed by atoms with E-state index in [1.165, 1.54) is 6.92 Å². The zero-order valence-electron chi connectivity index (χ0n) is 20.0. The largest absolute Gasteiger partial charge is 0.462 e. The molecule has 0 atom stereocenters. The SMILES string of the molecule is CCc1nn(CCCCOC(=O)c2cccc(C(C)=O)c2)c2c1C(=O)NCC1(CCOCC1)C2. The number of aromatic nitrogens is 2. The van der Waals surface area contributed by atoms with Gasteiger partial charge in [0.2, 0.25) is 0 Å². The molecule has 2 aliphatic rings. The molecule has 1 spiro atoms. The first-order valence-electron chi connectivity index (χ1n) is 12.1. The maximum atomic E-state index is 12.9. The van der Waals surface area contributed by atoms with Crippen molar-refractivity contribution < 1.29 is 23.9 Å². The summed E-state index contributed by atoms with van der Waals surface area (Å²) in [5, 5.41) is 7.91. The lowest BCUT2D eigenvalue weighted by Gasteiger charge is -2.36. The zero-order valence-corrected chi connectivity index (χ0v) is 20.0. The minimum atomic E-state index is -0.428. The summed E-state index contributed by atoms with van der Waals surface area (Å²) in [4.78, 5) is 36.8. The lowest BCUT2D eigenvalue weighted by atomic mass is 9.76. The fraction of sp³-hybridized carbons (Fsp3) is 0.538. The molecular formula is C26H33N3O5. The highest BCUT2D eigenvalue weighted by Crippen LogP contribution is 2.37. The summed E-state index contributed by atoms with van der Waals surface area (Å²) >= 11 is 0. The lowest BCUT2D eigenvalue weighted by molar-refractivity contribution is 0.0152. The second-order valence-corrected chi connectivity index (χ2v) is 9.30. The second-order valence-electron chi connectivity index (χ2n) is 9.30. The molecule has 4 rings (SSSR count). The third-order valence-electron chi connectivity index (χ3n) is 6.91. The van der Waals surface area contributed by atoms with Crippen molar-refractivity contribution in [1.29, 1.82) is 0 Å². The van der Waals surface area contributed by atoms with Crippen LogP contribution in [0.4, 0.5) is 0 Å². The Morgan fingerprint density at radius 3 is 2.71 bits per heavy atom. The van der Waals surface area contributed by atoms with Crippen molar-refractivity contribution in [2.24, 2.45) is 5.41 Å². The van der Waals surface area contributed by atoms with Crippen LogP contribution in [0.15, 0.2) is 24.3 Å². The number of benzene rings is 1. The van der Waals surface area contributed by atoms with Gasteiger partial charge in [-0.15, -0.1) is 0 Å². The number of aryl methyl sites for hydroxylation is 2. The number of fused-ring (bicyclic) bond motifs is 1. The van der Waals surface area contributed by atoms with Gasteiger partial charge in [0.15, 0.2) is 5.78 Å². The van der Waals surface area contributed by atoms with Crippen LogP contribution in [-0.2, 0) is 28.9 Å². The van der Waals surface area contributed by atoms with Gasteiger partial charge < -0.3 is 14.8 Å². The number of amides is 1. The molecule has 8 nitrogen and oxygen atoms in total. The Hall–Kier alpha value is -3.00. The van der Waals surface area contributed by atoms with E-state index in [1.54, 1.807) is 24.3 Å². The summed E-state index contributed by atoms with van der Waals surface area (Å²) in [6, 6.07) is 6.58. The smallest absolute Gasteiger partial charge is 0.338 e. The van der Waals surface area contributed by atoms with E-state index >= 15 is 0 Å². The number of rotatable bonds is 8. The van der Waals surface area contributed by atoms with E-state index in [1.807, 2.05) is 11.6 Å². The second kappa shape index (κ2) is 10.5. The van der Waals surface area contributed by atoms with Crippen LogP contribution in [0.2, 0.25) is 0 Å². The Morgan fingerprint density at radius 2 is 1.97 bits per heavy atom. The fourth-order valence-electron chi connectivity index (χ4n) is 4.83. The van der Waals surface area contributed by atoms with Gasteiger partial charge in [-0.2, -0.15) is 5.10 Å². The number of nitrogens with one attached hydrogen (secondary N) is 1. The van der Waals surface area contributed by atoms with Gasteiger partial charge >= 0.3 is 5.97 Å². The van der Waals surface area contributed by atoms with Crippen LogP contribution in [-0.4, -0.2) is 53.8 Å². The summed E-state index contributed by atoms with van der Waals surface area (Å²) in [7, 11) is 0. The van der Waals surface area contributed by atoms with E-state index in [0.29, 0.717) is 37.1 Å². The maximum Gasteiger partial charge on any atom is 0.338 e. The molecule has 0 bridgehead atoms. The molecule has 0 aliphatic carbocycles. The van der Waals surface area contributed by atoms with Gasteiger partial charge in [-0.1, -0.05) is 19.1 Å². The third kappa shape index (κ3) is 5.22. The highest BCUT2D eigenvalue weighted by Gasteiger charge is 2.39. The van der Waals surface area contributed by atoms with E-state index in [2.05, 4.69) is 5.32 Å². The number of unbranched alkanes of at least 4 members (excludes halogenated alkanes) is 1. The van der Waals surface area contributed by atoms with Gasteiger partial charge in [-0.05, 0) is 63.0 Å². The van der Waals surface area contributed by atoms with Gasteiger partial charge in [0.1, 0.15) is 0 Å². The number of ether oxygens (including phenoxy) is 2. The normalized spacial score (nSPS) is 17.1. The predicted octanol–water partition coefficient (Wildman–Crippen LogP) is 3.37. The van der Waals surface area contributed by atoms with E-state index in [0.717, 1.165) is 55.8 Å². The van der Waals surface area contributed by atoms with Crippen molar-refractivity contribution in [2.75, 3.05) is 26.4 Å². The minimum Gasteiger partial charge on any atom is -0.462 e. The first kappa shape index (κ1) is 24.1. The molecule has 1 aromatic heterocycles. The summed E-state index contributed by atoms with van der Waals surface area (Å²) in [6.45, 7) is 6.57. The number of Topliss-reactive ketones (excluding diaryl/α,β-unsaturated/α-hetero) is 1. The van der Waals surface area contributed by atoms with Crippen molar-refractivity contribution in [3.8, 4) is 0 Å². The van der Waals surface area contributed by atoms with Crippen molar-refractivity contribution in [3.63, 3.8) is 0 Å². The van der Waals surface area contributed by atoms with E-state index in [-0.39, 0.29) is 23.7 Å². The monoisotopic (exact) mass is 467 g/mol. The molecule has 2 aliphatic heterocycles. The summed E-state index contributed by atoms with van der Waals surface area (Å²) in [5.74, 6) is -0.540. The summed E-state index contributed by atoms with van der Waals surface area (Å²) in [5.41, 5.74) is 3.49. The Balaban J connectivity index is 1.37. The number of esters is 1. The molecule has 1 aromatic carbocycles. The molecule has 0 saturated carbocycles. The number of carbonyl (C=O) groups excluding carboxylic acids is 3. The van der Waals surface area contributed by atoms with Crippen molar-refractivity contribution in [3.05, 3.63) is 52.3 Å². The lowest BCUT2D eigenvalue weighted by Crippen LogP contribution is -2.40. The molecule has 182 valence electrons. The van der Waals surface area contributed by atoms with Gasteiger partial charge in [-0.3, -0.25) is 14.3 Å². The van der Waals surface area contributed by atoms with Crippen LogP contribution in [0.25, 0.3) is 0 Å². The average molecular weight is 468 g/mol. The molecule has 1 N–H and O–H groups in total. The molecule has 1 saturated heterocycles. The van der Waals surface area contributed by atoms with E-state index < -0.39 is 5.97 Å². The van der Waals surface area contributed by atoms with Crippen LogP contribution < -0.4 is 5.32 Å². The Bertz CT molecular complexity index is 1070. The molecule has 1 fully saturated rings. The zero-order chi connectivity index (χ0) is 24.1. The van der Waals surface area contributed by atoms with Crippen molar-refractivity contribution in [2.45, 2.75) is 58.9 Å². The molecule has 34 heavy (non-hydrogen) atoms. The topological polar surface area (TPSA) is 99.5 Å². The molecule has 1 amide bonds. The predicted molar refractivity (Wildman–Crippen MR) is 126 cm³/mol. The van der Waals surface area contributed by atoms with Gasteiger partial charge in [0.05, 0.1) is 29.1 Å². The Kier molecular flexibility index (Phi) is 7.46. The molecule has 2 aromatic rings. The van der Waals surface area contributed by atoms with Crippen molar-refractivity contribution in [1.82, 2.24) is 15.1 Å². The molecule has 3 heterocycles. The van der Waals surface area contributed by atoms with Gasteiger partial charge in [0.25, 0.3) is 5.91 Å². The first-order chi connectivity index (χ1) is 16.4. The number of hydrogen-bond donors (Lipinski definition) is 1. The average Bonchev–Trinajstić information content (AvgIpc) is 3.12. The van der Waals surface area contributed by atoms with Gasteiger partial charge in [0, 0.05) is 31.9 Å². The quantitative estimate of drug-likeness (QED) is 0.363.